The minimum absolute atomic E-state index is 0.238. The van der Waals surface area contributed by atoms with E-state index in [2.05, 4.69) is 0 Å². The summed E-state index contributed by atoms with van der Waals surface area (Å²) in [6.07, 6.45) is 0. The Bertz CT molecular complexity index is 417. The lowest BCUT2D eigenvalue weighted by atomic mass is 10.0. The van der Waals surface area contributed by atoms with Crippen molar-refractivity contribution in [3.63, 3.8) is 0 Å². The van der Waals surface area contributed by atoms with Crippen molar-refractivity contribution in [3.8, 4) is 12.1 Å². The number of hydrogen-bond acceptors (Lipinski definition) is 2. The summed E-state index contributed by atoms with van der Waals surface area (Å²) >= 11 is 0. The van der Waals surface area contributed by atoms with Crippen LogP contribution in [0.4, 0.5) is 8.78 Å². The molecule has 0 N–H and O–H groups in total. The van der Waals surface area contributed by atoms with Crippen LogP contribution in [0, 0.1) is 34.3 Å². The molecule has 0 spiro atoms. The number of benzene rings is 1. The van der Waals surface area contributed by atoms with Crippen LogP contribution < -0.4 is 0 Å². The third-order valence-electron chi connectivity index (χ3n) is 1.87. The van der Waals surface area contributed by atoms with E-state index in [1.807, 2.05) is 6.07 Å². The molecule has 0 aliphatic carbocycles. The molecule has 4 heteroatoms. The van der Waals surface area contributed by atoms with Gasteiger partial charge < -0.3 is 0 Å². The fourth-order valence-corrected chi connectivity index (χ4v) is 1.02. The quantitative estimate of drug-likeness (QED) is 0.686. The molecular formula is C10H6F2N2. The van der Waals surface area contributed by atoms with Crippen molar-refractivity contribution in [3.05, 3.63) is 34.9 Å². The van der Waals surface area contributed by atoms with Crippen molar-refractivity contribution in [2.24, 2.45) is 0 Å². The van der Waals surface area contributed by atoms with Crippen LogP contribution in [0.5, 0.6) is 0 Å². The monoisotopic (exact) mass is 192 g/mol. The summed E-state index contributed by atoms with van der Waals surface area (Å²) in [5.41, 5.74) is -0.375. The predicted molar refractivity (Wildman–Crippen MR) is 45.1 cm³/mol. The Balaban J connectivity index is 3.31. The molecule has 0 aliphatic heterocycles. The Morgan fingerprint density at radius 3 is 2.07 bits per heavy atom. The molecule has 0 amide bonds. The Labute approximate surface area is 80.0 Å². The first-order valence-corrected chi connectivity index (χ1v) is 3.88. The van der Waals surface area contributed by atoms with Gasteiger partial charge in [-0.1, -0.05) is 0 Å². The maximum Gasteiger partial charge on any atom is 0.144 e. The molecule has 0 heterocycles. The first kappa shape index (κ1) is 10.1. The van der Waals surface area contributed by atoms with E-state index >= 15 is 0 Å². The molecule has 1 aromatic carbocycles. The van der Waals surface area contributed by atoms with Gasteiger partial charge in [0, 0.05) is 0 Å². The maximum atomic E-state index is 13.0. The van der Waals surface area contributed by atoms with Gasteiger partial charge in [-0.2, -0.15) is 10.5 Å². The lowest BCUT2D eigenvalue weighted by Gasteiger charge is -2.04. The van der Waals surface area contributed by atoms with Gasteiger partial charge in [0.25, 0.3) is 0 Å². The zero-order chi connectivity index (χ0) is 10.7. The largest absolute Gasteiger partial charge is 0.205 e. The zero-order valence-corrected chi connectivity index (χ0v) is 7.38. The molecule has 0 aromatic heterocycles. The van der Waals surface area contributed by atoms with Gasteiger partial charge in [-0.05, 0) is 24.6 Å². The molecule has 1 aromatic rings. The zero-order valence-electron chi connectivity index (χ0n) is 7.38. The molecular weight excluding hydrogens is 186 g/mol. The Hall–Kier alpha value is -1.94. The van der Waals surface area contributed by atoms with E-state index < -0.39 is 23.1 Å². The van der Waals surface area contributed by atoms with Crippen molar-refractivity contribution >= 4 is 0 Å². The Kier molecular flexibility index (Phi) is 2.79. The normalized spacial score (nSPS) is 11.5. The van der Waals surface area contributed by atoms with E-state index in [1.54, 1.807) is 0 Å². The van der Waals surface area contributed by atoms with Gasteiger partial charge in [0.05, 0.1) is 12.0 Å². The van der Waals surface area contributed by atoms with Gasteiger partial charge in [-0.3, -0.25) is 0 Å². The third kappa shape index (κ3) is 1.70. The minimum atomic E-state index is -0.926. The second kappa shape index (κ2) is 3.85. The number of halogens is 2. The van der Waals surface area contributed by atoms with Gasteiger partial charge in [0.2, 0.25) is 0 Å². The summed E-state index contributed by atoms with van der Waals surface area (Å²) in [6, 6.07) is 5.29. The number of rotatable bonds is 1. The summed E-state index contributed by atoms with van der Waals surface area (Å²) < 4.78 is 26.1. The van der Waals surface area contributed by atoms with E-state index in [0.717, 1.165) is 12.1 Å². The molecule has 14 heavy (non-hydrogen) atoms. The Morgan fingerprint density at radius 1 is 1.21 bits per heavy atom. The van der Waals surface area contributed by atoms with Crippen LogP contribution in [0.15, 0.2) is 12.1 Å². The van der Waals surface area contributed by atoms with Crippen LogP contribution in [0.25, 0.3) is 0 Å². The third-order valence-corrected chi connectivity index (χ3v) is 1.87. The fourth-order valence-electron chi connectivity index (χ4n) is 1.02. The van der Waals surface area contributed by atoms with Gasteiger partial charge in [0.15, 0.2) is 0 Å². The number of nitrogens with zero attached hydrogens (tertiary/aromatic N) is 2. The molecule has 0 saturated carbocycles. The van der Waals surface area contributed by atoms with Crippen molar-refractivity contribution < 1.29 is 8.78 Å². The standard InChI is InChI=1S/C10H6F2N2/c1-6(4-13)7-2-9(11)8(5-14)10(12)3-7/h2-3,6H,1H3. The molecule has 0 aliphatic rings. The maximum absolute atomic E-state index is 13.0. The highest BCUT2D eigenvalue weighted by atomic mass is 19.1. The van der Waals surface area contributed by atoms with Crippen molar-refractivity contribution in [1.82, 2.24) is 0 Å². The van der Waals surface area contributed by atoms with E-state index in [4.69, 9.17) is 10.5 Å². The Morgan fingerprint density at radius 2 is 1.71 bits per heavy atom. The molecule has 0 fully saturated rings. The average Bonchev–Trinajstić information content (AvgIpc) is 2.16. The highest BCUT2D eigenvalue weighted by molar-refractivity contribution is 5.37. The van der Waals surface area contributed by atoms with Gasteiger partial charge in [-0.15, -0.1) is 0 Å². The van der Waals surface area contributed by atoms with Gasteiger partial charge in [0.1, 0.15) is 23.3 Å². The molecule has 0 bridgehead atoms. The first-order valence-electron chi connectivity index (χ1n) is 3.88. The van der Waals surface area contributed by atoms with Crippen LogP contribution in [-0.4, -0.2) is 0 Å². The van der Waals surface area contributed by atoms with Crippen LogP contribution in [0.1, 0.15) is 24.0 Å². The molecule has 1 atom stereocenters. The van der Waals surface area contributed by atoms with Crippen LogP contribution in [0.3, 0.4) is 0 Å². The topological polar surface area (TPSA) is 47.6 Å². The van der Waals surface area contributed by atoms with Crippen molar-refractivity contribution in [2.75, 3.05) is 0 Å². The second-order valence-corrected chi connectivity index (χ2v) is 2.82. The van der Waals surface area contributed by atoms with E-state index in [-0.39, 0.29) is 5.56 Å². The molecule has 1 rings (SSSR count). The number of hydrogen-bond donors (Lipinski definition) is 0. The fraction of sp³-hybridized carbons (Fsp3) is 0.200. The predicted octanol–water partition coefficient (Wildman–Crippen LogP) is 2.46. The van der Waals surface area contributed by atoms with Crippen molar-refractivity contribution in [1.29, 1.82) is 10.5 Å². The molecule has 2 nitrogen and oxygen atoms in total. The second-order valence-electron chi connectivity index (χ2n) is 2.82. The lowest BCUT2D eigenvalue weighted by molar-refractivity contribution is 0.572. The van der Waals surface area contributed by atoms with E-state index in [1.165, 1.54) is 13.0 Å². The van der Waals surface area contributed by atoms with Crippen LogP contribution in [-0.2, 0) is 0 Å². The van der Waals surface area contributed by atoms with E-state index in [9.17, 15) is 8.78 Å². The summed E-state index contributed by atoms with van der Waals surface area (Å²) in [6.45, 7) is 1.53. The SMILES string of the molecule is CC(C#N)c1cc(F)c(C#N)c(F)c1. The minimum Gasteiger partial charge on any atom is -0.205 e. The van der Waals surface area contributed by atoms with Crippen LogP contribution in [0.2, 0.25) is 0 Å². The molecule has 1 unspecified atom stereocenters. The summed E-state index contributed by atoms with van der Waals surface area (Å²) in [4.78, 5) is 0. The van der Waals surface area contributed by atoms with Crippen LogP contribution >= 0.6 is 0 Å². The lowest BCUT2D eigenvalue weighted by Crippen LogP contribution is -1.97. The smallest absolute Gasteiger partial charge is 0.144 e. The first-order chi connectivity index (χ1) is 6.60. The number of nitriles is 2. The van der Waals surface area contributed by atoms with E-state index in [0.29, 0.717) is 0 Å². The summed E-state index contributed by atoms with van der Waals surface area (Å²) in [5.74, 6) is -2.44. The van der Waals surface area contributed by atoms with Gasteiger partial charge in [-0.25, -0.2) is 8.78 Å². The average molecular weight is 192 g/mol. The highest BCUT2D eigenvalue weighted by Crippen LogP contribution is 2.20. The highest BCUT2D eigenvalue weighted by Gasteiger charge is 2.13. The molecule has 0 radical (unpaired) electrons. The van der Waals surface area contributed by atoms with Gasteiger partial charge >= 0.3 is 0 Å². The molecule has 70 valence electrons. The summed E-state index contributed by atoms with van der Waals surface area (Å²) in [5, 5.41) is 16.9. The molecule has 0 saturated heterocycles. The van der Waals surface area contributed by atoms with Crippen molar-refractivity contribution in [2.45, 2.75) is 12.8 Å². The summed E-state index contributed by atoms with van der Waals surface area (Å²) in [7, 11) is 0.